The van der Waals surface area contributed by atoms with Crippen LogP contribution in [-0.2, 0) is 11.2 Å². The molecule has 4 nitrogen and oxygen atoms in total. The summed E-state index contributed by atoms with van der Waals surface area (Å²) in [6, 6.07) is 9.01. The molecule has 1 atom stereocenters. The molecule has 5 heteroatoms. The van der Waals surface area contributed by atoms with Crippen molar-refractivity contribution in [2.45, 2.75) is 70.8 Å². The Balaban J connectivity index is 1.21. The summed E-state index contributed by atoms with van der Waals surface area (Å²) in [6.45, 7) is 5.59. The Labute approximate surface area is 167 Å². The van der Waals surface area contributed by atoms with Crippen LogP contribution in [0.4, 0.5) is 0 Å². The van der Waals surface area contributed by atoms with Crippen molar-refractivity contribution in [1.82, 2.24) is 15.2 Å². The van der Waals surface area contributed by atoms with Gasteiger partial charge in [0.15, 0.2) is 0 Å². The van der Waals surface area contributed by atoms with Gasteiger partial charge < -0.3 is 10.2 Å². The number of fused-ring (bicyclic) bond motifs is 1. The first kappa shape index (κ1) is 20.3. The quantitative estimate of drug-likeness (QED) is 0.597. The van der Waals surface area contributed by atoms with E-state index in [4.69, 9.17) is 0 Å². The summed E-state index contributed by atoms with van der Waals surface area (Å²) in [7, 11) is 0. The maximum absolute atomic E-state index is 12.0. The molecule has 0 spiro atoms. The second-order valence-corrected chi connectivity index (χ2v) is 8.84. The summed E-state index contributed by atoms with van der Waals surface area (Å²) in [6.07, 6.45) is 9.91. The molecule has 0 aliphatic carbocycles. The lowest BCUT2D eigenvalue weighted by Crippen LogP contribution is -2.38. The van der Waals surface area contributed by atoms with Crippen LogP contribution < -0.4 is 5.32 Å². The minimum absolute atomic E-state index is 0.200. The van der Waals surface area contributed by atoms with Crippen molar-refractivity contribution in [3.8, 4) is 0 Å². The molecule has 0 bridgehead atoms. The van der Waals surface area contributed by atoms with Gasteiger partial charge in [0.2, 0.25) is 5.91 Å². The molecule has 1 fully saturated rings. The molecular formula is C22H33N3OS. The number of benzene rings is 1. The third-order valence-electron chi connectivity index (χ3n) is 5.52. The maximum Gasteiger partial charge on any atom is 0.219 e. The number of likely N-dealkylation sites (tertiary alicyclic amines) is 1. The van der Waals surface area contributed by atoms with E-state index in [-0.39, 0.29) is 5.91 Å². The van der Waals surface area contributed by atoms with Gasteiger partial charge in [0.05, 0.1) is 15.2 Å². The minimum atomic E-state index is 0.200. The van der Waals surface area contributed by atoms with Gasteiger partial charge in [-0.15, -0.1) is 11.3 Å². The van der Waals surface area contributed by atoms with Gasteiger partial charge in [-0.2, -0.15) is 0 Å². The van der Waals surface area contributed by atoms with E-state index in [0.717, 1.165) is 43.8 Å². The highest BCUT2D eigenvalue weighted by Crippen LogP contribution is 2.22. The topological polar surface area (TPSA) is 45.2 Å². The first-order valence-electron chi connectivity index (χ1n) is 10.6. The van der Waals surface area contributed by atoms with Gasteiger partial charge in [0, 0.05) is 19.0 Å². The van der Waals surface area contributed by atoms with Crippen LogP contribution in [0.3, 0.4) is 0 Å². The molecule has 1 aliphatic heterocycles. The number of piperidine rings is 1. The van der Waals surface area contributed by atoms with Gasteiger partial charge in [-0.1, -0.05) is 18.6 Å². The molecule has 1 aromatic carbocycles. The van der Waals surface area contributed by atoms with E-state index < -0.39 is 0 Å². The molecule has 27 heavy (non-hydrogen) atoms. The molecule has 1 amide bonds. The number of carbonyl (C=O) groups is 1. The number of nitrogens with zero attached hydrogens (tertiary/aromatic N) is 2. The van der Waals surface area contributed by atoms with Gasteiger partial charge in [-0.3, -0.25) is 4.79 Å². The zero-order valence-electron chi connectivity index (χ0n) is 16.6. The van der Waals surface area contributed by atoms with Crippen molar-refractivity contribution < 1.29 is 4.79 Å². The lowest BCUT2D eigenvalue weighted by Gasteiger charge is -2.33. The summed E-state index contributed by atoms with van der Waals surface area (Å²) in [5.74, 6) is 0.200. The zero-order valence-corrected chi connectivity index (χ0v) is 17.4. The summed E-state index contributed by atoms with van der Waals surface area (Å²) in [4.78, 5) is 19.2. The van der Waals surface area contributed by atoms with Crippen LogP contribution in [0.25, 0.3) is 10.2 Å². The zero-order chi connectivity index (χ0) is 18.9. The SMILES string of the molecule is CC1CCCCN1CCCCNC(=O)CCCCc1nc2ccccc2s1. The van der Waals surface area contributed by atoms with E-state index in [0.29, 0.717) is 6.42 Å². The van der Waals surface area contributed by atoms with Gasteiger partial charge in [0.25, 0.3) is 0 Å². The Hall–Kier alpha value is -1.46. The first-order chi connectivity index (χ1) is 13.2. The van der Waals surface area contributed by atoms with Crippen molar-refractivity contribution in [2.24, 2.45) is 0 Å². The number of rotatable bonds is 10. The summed E-state index contributed by atoms with van der Waals surface area (Å²) >= 11 is 1.77. The molecule has 1 aliphatic rings. The van der Waals surface area contributed by atoms with Crippen LogP contribution in [0.5, 0.6) is 0 Å². The second-order valence-electron chi connectivity index (χ2n) is 7.72. The van der Waals surface area contributed by atoms with Crippen LogP contribution in [0, 0.1) is 0 Å². The molecule has 2 heterocycles. The van der Waals surface area contributed by atoms with Gasteiger partial charge >= 0.3 is 0 Å². The number of aromatic nitrogens is 1. The second kappa shape index (κ2) is 10.8. The Morgan fingerprint density at radius 3 is 2.96 bits per heavy atom. The third-order valence-corrected chi connectivity index (χ3v) is 6.61. The molecule has 1 aromatic heterocycles. The fraction of sp³-hybridized carbons (Fsp3) is 0.636. The monoisotopic (exact) mass is 387 g/mol. The standard InChI is InChI=1S/C22H33N3OS/c1-18-10-6-8-16-25(18)17-9-7-15-23-21(26)13-4-5-14-22-24-19-11-2-3-12-20(19)27-22/h2-3,11-12,18H,4-10,13-17H2,1H3,(H,23,26). The molecule has 148 valence electrons. The van der Waals surface area contributed by atoms with Crippen LogP contribution in [-0.4, -0.2) is 41.5 Å². The molecule has 2 aromatic rings. The lowest BCUT2D eigenvalue weighted by atomic mass is 10.0. The predicted molar refractivity (Wildman–Crippen MR) is 114 cm³/mol. The van der Waals surface area contributed by atoms with E-state index >= 15 is 0 Å². The number of hydrogen-bond donors (Lipinski definition) is 1. The number of para-hydroxylation sites is 1. The van der Waals surface area contributed by atoms with E-state index in [9.17, 15) is 4.79 Å². The van der Waals surface area contributed by atoms with Crippen molar-refractivity contribution in [2.75, 3.05) is 19.6 Å². The van der Waals surface area contributed by atoms with E-state index in [2.05, 4.69) is 40.3 Å². The van der Waals surface area contributed by atoms with Crippen molar-refractivity contribution in [3.63, 3.8) is 0 Å². The Bertz CT molecular complexity index is 681. The number of hydrogen-bond acceptors (Lipinski definition) is 4. The predicted octanol–water partition coefficient (Wildman–Crippen LogP) is 4.78. The van der Waals surface area contributed by atoms with Gasteiger partial charge in [-0.25, -0.2) is 4.98 Å². The van der Waals surface area contributed by atoms with E-state index in [1.54, 1.807) is 11.3 Å². The first-order valence-corrected chi connectivity index (χ1v) is 11.4. The Kier molecular flexibility index (Phi) is 8.09. The number of unbranched alkanes of at least 4 members (excludes halogenated alkanes) is 2. The number of thiazole rings is 1. The van der Waals surface area contributed by atoms with Gasteiger partial charge in [0.1, 0.15) is 0 Å². The summed E-state index contributed by atoms with van der Waals surface area (Å²) < 4.78 is 1.25. The fourth-order valence-electron chi connectivity index (χ4n) is 3.83. The number of nitrogens with one attached hydrogen (secondary N) is 1. The molecule has 1 N–H and O–H groups in total. The molecular weight excluding hydrogens is 354 g/mol. The average molecular weight is 388 g/mol. The summed E-state index contributed by atoms with van der Waals surface area (Å²) in [5, 5.41) is 4.27. The normalized spacial score (nSPS) is 18.0. The number of amides is 1. The lowest BCUT2D eigenvalue weighted by molar-refractivity contribution is -0.121. The van der Waals surface area contributed by atoms with Crippen molar-refractivity contribution in [1.29, 1.82) is 0 Å². The Morgan fingerprint density at radius 1 is 1.22 bits per heavy atom. The van der Waals surface area contributed by atoms with Crippen LogP contribution >= 0.6 is 11.3 Å². The van der Waals surface area contributed by atoms with Crippen LogP contribution in [0.2, 0.25) is 0 Å². The van der Waals surface area contributed by atoms with Crippen LogP contribution in [0.1, 0.15) is 63.3 Å². The van der Waals surface area contributed by atoms with Crippen molar-refractivity contribution >= 4 is 27.5 Å². The summed E-state index contributed by atoms with van der Waals surface area (Å²) in [5.41, 5.74) is 1.09. The van der Waals surface area contributed by atoms with Crippen LogP contribution in [0.15, 0.2) is 24.3 Å². The highest BCUT2D eigenvalue weighted by atomic mass is 32.1. The third kappa shape index (κ3) is 6.58. The smallest absolute Gasteiger partial charge is 0.219 e. The maximum atomic E-state index is 12.0. The van der Waals surface area contributed by atoms with Gasteiger partial charge in [-0.05, 0) is 77.1 Å². The average Bonchev–Trinajstić information content (AvgIpc) is 3.09. The Morgan fingerprint density at radius 2 is 2.11 bits per heavy atom. The largest absolute Gasteiger partial charge is 0.356 e. The number of aryl methyl sites for hydroxylation is 1. The fourth-order valence-corrected chi connectivity index (χ4v) is 4.84. The molecule has 1 saturated heterocycles. The molecule has 0 radical (unpaired) electrons. The van der Waals surface area contributed by atoms with E-state index in [1.165, 1.54) is 48.5 Å². The highest BCUT2D eigenvalue weighted by molar-refractivity contribution is 7.18. The van der Waals surface area contributed by atoms with E-state index in [1.807, 2.05) is 6.07 Å². The number of carbonyl (C=O) groups excluding carboxylic acids is 1. The molecule has 1 unspecified atom stereocenters. The molecule has 3 rings (SSSR count). The molecule has 0 saturated carbocycles. The highest BCUT2D eigenvalue weighted by Gasteiger charge is 2.17. The minimum Gasteiger partial charge on any atom is -0.356 e. The van der Waals surface area contributed by atoms with Crippen molar-refractivity contribution in [3.05, 3.63) is 29.3 Å².